The van der Waals surface area contributed by atoms with Gasteiger partial charge >= 0.3 is 0 Å². The Hall–Kier alpha value is -3.61. The summed E-state index contributed by atoms with van der Waals surface area (Å²) in [5, 5.41) is 7.72. The van der Waals surface area contributed by atoms with E-state index in [1.807, 2.05) is 60.7 Å². The van der Waals surface area contributed by atoms with Crippen molar-refractivity contribution in [3.8, 4) is 5.75 Å². The van der Waals surface area contributed by atoms with Crippen molar-refractivity contribution in [2.45, 2.75) is 19.0 Å². The molecule has 1 aromatic heterocycles. The van der Waals surface area contributed by atoms with Crippen molar-refractivity contribution < 1.29 is 9.53 Å². The maximum atomic E-state index is 12.9. The van der Waals surface area contributed by atoms with Crippen molar-refractivity contribution in [1.82, 2.24) is 14.7 Å². The van der Waals surface area contributed by atoms with Crippen LogP contribution in [-0.4, -0.2) is 46.3 Å². The number of ether oxygens (including phenoxy) is 1. The van der Waals surface area contributed by atoms with Gasteiger partial charge in [-0.1, -0.05) is 36.4 Å². The van der Waals surface area contributed by atoms with Gasteiger partial charge in [-0.25, -0.2) is 4.68 Å². The normalized spacial score (nSPS) is 15.7. The molecule has 4 rings (SSSR count). The molecule has 0 aliphatic carbocycles. The molecule has 1 fully saturated rings. The van der Waals surface area contributed by atoms with Crippen LogP contribution in [0.4, 0.5) is 5.69 Å². The molecule has 0 spiro atoms. The maximum Gasteiger partial charge on any atom is 0.274 e. The molecule has 3 aromatic rings. The lowest BCUT2D eigenvalue weighted by atomic mass is 10.2. The summed E-state index contributed by atoms with van der Waals surface area (Å²) in [4.78, 5) is 26.8. The molecule has 1 N–H and O–H groups in total. The van der Waals surface area contributed by atoms with Crippen LogP contribution in [0.2, 0.25) is 0 Å². The fraction of sp³-hybridized carbons (Fsp3) is 0.261. The van der Waals surface area contributed by atoms with E-state index in [0.29, 0.717) is 19.7 Å². The Kier molecular flexibility index (Phi) is 6.08. The van der Waals surface area contributed by atoms with E-state index in [-0.39, 0.29) is 29.7 Å². The highest BCUT2D eigenvalue weighted by Crippen LogP contribution is 2.17. The average Bonchev–Trinajstić information content (AvgIpc) is 3.24. The van der Waals surface area contributed by atoms with Crippen LogP contribution in [0.15, 0.2) is 77.6 Å². The summed E-state index contributed by atoms with van der Waals surface area (Å²) < 4.78 is 6.92. The highest BCUT2D eigenvalue weighted by molar-refractivity contribution is 5.92. The average molecular weight is 404 g/mol. The highest BCUT2D eigenvalue weighted by atomic mass is 16.5. The maximum absolute atomic E-state index is 12.9. The number of nitrogens with one attached hydrogen (secondary N) is 1. The molecular formula is C23H24N4O3. The lowest BCUT2D eigenvalue weighted by Crippen LogP contribution is -2.34. The first-order valence-corrected chi connectivity index (χ1v) is 10.1. The summed E-state index contributed by atoms with van der Waals surface area (Å²) >= 11 is 0. The third-order valence-corrected chi connectivity index (χ3v) is 5.02. The van der Waals surface area contributed by atoms with Gasteiger partial charge in [0.25, 0.3) is 11.5 Å². The van der Waals surface area contributed by atoms with Crippen molar-refractivity contribution in [2.75, 3.05) is 25.0 Å². The predicted molar refractivity (Wildman–Crippen MR) is 115 cm³/mol. The van der Waals surface area contributed by atoms with Gasteiger partial charge < -0.3 is 15.0 Å². The summed E-state index contributed by atoms with van der Waals surface area (Å²) in [6.07, 6.45) is 0.866. The van der Waals surface area contributed by atoms with E-state index < -0.39 is 0 Å². The van der Waals surface area contributed by atoms with Crippen LogP contribution in [0, 0.1) is 0 Å². The van der Waals surface area contributed by atoms with Crippen molar-refractivity contribution >= 4 is 11.6 Å². The van der Waals surface area contributed by atoms with Crippen LogP contribution in [-0.2, 0) is 6.54 Å². The third kappa shape index (κ3) is 4.86. The van der Waals surface area contributed by atoms with E-state index in [1.165, 1.54) is 16.8 Å². The molecule has 2 aromatic carbocycles. The number of carbonyl (C=O) groups excluding carboxylic acids is 1. The molecule has 0 saturated carbocycles. The lowest BCUT2D eigenvalue weighted by molar-refractivity contribution is 0.0782. The number of benzene rings is 2. The number of amides is 1. The Labute approximate surface area is 174 Å². The molecule has 0 bridgehead atoms. The zero-order valence-electron chi connectivity index (χ0n) is 16.6. The number of anilines is 1. The van der Waals surface area contributed by atoms with E-state index >= 15 is 0 Å². The van der Waals surface area contributed by atoms with Crippen LogP contribution in [0.3, 0.4) is 0 Å². The van der Waals surface area contributed by atoms with Gasteiger partial charge in [-0.2, -0.15) is 5.10 Å². The number of hydrogen-bond donors (Lipinski definition) is 1. The second-order valence-corrected chi connectivity index (χ2v) is 7.19. The first-order chi connectivity index (χ1) is 14.7. The Balaban J connectivity index is 1.36. The third-order valence-electron chi connectivity index (χ3n) is 5.02. The van der Waals surface area contributed by atoms with Gasteiger partial charge in [0.1, 0.15) is 18.1 Å². The number of hydrogen-bond acceptors (Lipinski definition) is 5. The molecule has 1 amide bonds. The van der Waals surface area contributed by atoms with E-state index in [0.717, 1.165) is 17.9 Å². The zero-order chi connectivity index (χ0) is 20.8. The van der Waals surface area contributed by atoms with Crippen molar-refractivity contribution in [3.63, 3.8) is 0 Å². The molecule has 2 heterocycles. The Morgan fingerprint density at radius 3 is 2.53 bits per heavy atom. The second kappa shape index (κ2) is 9.26. The van der Waals surface area contributed by atoms with E-state index in [2.05, 4.69) is 10.4 Å². The van der Waals surface area contributed by atoms with Crippen LogP contribution in [0.1, 0.15) is 16.9 Å². The van der Waals surface area contributed by atoms with Gasteiger partial charge in [-0.15, -0.1) is 0 Å². The number of likely N-dealkylation sites (tertiary alicyclic amines) is 1. The number of nitrogens with zero attached hydrogens (tertiary/aromatic N) is 3. The Bertz CT molecular complexity index is 1040. The fourth-order valence-electron chi connectivity index (χ4n) is 3.48. The van der Waals surface area contributed by atoms with Gasteiger partial charge in [-0.3, -0.25) is 9.59 Å². The topological polar surface area (TPSA) is 76.5 Å². The molecule has 1 aliphatic rings. The summed E-state index contributed by atoms with van der Waals surface area (Å²) in [5.41, 5.74) is 1.06. The molecule has 1 saturated heterocycles. The molecule has 7 nitrogen and oxygen atoms in total. The van der Waals surface area contributed by atoms with Gasteiger partial charge in [0.05, 0.1) is 6.54 Å². The van der Waals surface area contributed by atoms with E-state index in [9.17, 15) is 9.59 Å². The van der Waals surface area contributed by atoms with Crippen molar-refractivity contribution in [3.05, 3.63) is 88.8 Å². The standard InChI is InChI=1S/C23H24N4O3/c28-22-12-11-21(25-27(22)15-16-30-20-9-5-2-6-10-20)23(29)26-14-13-19(17-26)24-18-7-3-1-4-8-18/h1-12,19,24H,13-17H2. The number of rotatable bonds is 7. The van der Waals surface area contributed by atoms with Crippen LogP contribution in [0.25, 0.3) is 0 Å². The summed E-state index contributed by atoms with van der Waals surface area (Å²) in [6.45, 7) is 1.82. The molecule has 30 heavy (non-hydrogen) atoms. The van der Waals surface area contributed by atoms with Crippen molar-refractivity contribution in [1.29, 1.82) is 0 Å². The monoisotopic (exact) mass is 404 g/mol. The van der Waals surface area contributed by atoms with E-state index in [4.69, 9.17) is 4.74 Å². The van der Waals surface area contributed by atoms with Gasteiger partial charge in [-0.05, 0) is 36.8 Å². The minimum atomic E-state index is -0.256. The quantitative estimate of drug-likeness (QED) is 0.655. The van der Waals surface area contributed by atoms with Gasteiger partial charge in [0.15, 0.2) is 0 Å². The number of para-hydroxylation sites is 2. The Morgan fingerprint density at radius 1 is 1.03 bits per heavy atom. The molecule has 1 atom stereocenters. The molecule has 1 aliphatic heterocycles. The SMILES string of the molecule is O=C(c1ccc(=O)n(CCOc2ccccc2)n1)N1CCC(Nc2ccccc2)C1. The first-order valence-electron chi connectivity index (χ1n) is 10.1. The molecular weight excluding hydrogens is 380 g/mol. The van der Waals surface area contributed by atoms with Crippen LogP contribution < -0.4 is 15.6 Å². The lowest BCUT2D eigenvalue weighted by Gasteiger charge is -2.18. The van der Waals surface area contributed by atoms with Crippen LogP contribution >= 0.6 is 0 Å². The van der Waals surface area contributed by atoms with Crippen LogP contribution in [0.5, 0.6) is 5.75 Å². The van der Waals surface area contributed by atoms with Crippen molar-refractivity contribution in [2.24, 2.45) is 0 Å². The molecule has 154 valence electrons. The summed E-state index contributed by atoms with van der Waals surface area (Å²) in [6, 6.07) is 22.4. The zero-order valence-corrected chi connectivity index (χ0v) is 16.6. The molecule has 0 radical (unpaired) electrons. The van der Waals surface area contributed by atoms with E-state index in [1.54, 1.807) is 4.90 Å². The fourth-order valence-corrected chi connectivity index (χ4v) is 3.48. The predicted octanol–water partition coefficient (Wildman–Crippen LogP) is 2.65. The summed E-state index contributed by atoms with van der Waals surface area (Å²) in [7, 11) is 0. The molecule has 7 heteroatoms. The summed E-state index contributed by atoms with van der Waals surface area (Å²) in [5.74, 6) is 0.567. The smallest absolute Gasteiger partial charge is 0.274 e. The molecule has 1 unspecified atom stereocenters. The second-order valence-electron chi connectivity index (χ2n) is 7.19. The Morgan fingerprint density at radius 2 is 1.77 bits per heavy atom. The van der Waals surface area contributed by atoms with Gasteiger partial charge in [0.2, 0.25) is 0 Å². The number of carbonyl (C=O) groups is 1. The number of aromatic nitrogens is 2. The minimum absolute atomic E-state index is 0.162. The first kappa shape index (κ1) is 19.7. The minimum Gasteiger partial charge on any atom is -0.492 e. The van der Waals surface area contributed by atoms with Gasteiger partial charge in [0, 0.05) is 30.9 Å². The largest absolute Gasteiger partial charge is 0.492 e. The highest BCUT2D eigenvalue weighted by Gasteiger charge is 2.28.